The Kier molecular flexibility index (Phi) is 4.47. The van der Waals surface area contributed by atoms with Crippen LogP contribution in [0.2, 0.25) is 0 Å². The van der Waals surface area contributed by atoms with E-state index in [1.54, 1.807) is 33.8 Å². The van der Waals surface area contributed by atoms with Crippen LogP contribution in [0.3, 0.4) is 0 Å². The summed E-state index contributed by atoms with van der Waals surface area (Å²) in [6, 6.07) is 1.60. The molecule has 1 N–H and O–H groups in total. The SMILES string of the molecule is Cc1cc(NC(=O)CCC(=O)OC(C)(C)C)no1. The molecule has 0 aromatic carbocycles. The van der Waals surface area contributed by atoms with Gasteiger partial charge < -0.3 is 14.6 Å². The standard InChI is InChI=1S/C12H18N2O4/c1-8-7-9(14-18-8)13-10(15)5-6-11(16)17-12(2,3)4/h7H,5-6H2,1-4H3,(H,13,14,15). The topological polar surface area (TPSA) is 81.4 Å². The molecule has 0 bridgehead atoms. The Balaban J connectivity index is 2.31. The fourth-order valence-corrected chi connectivity index (χ4v) is 1.24. The van der Waals surface area contributed by atoms with Gasteiger partial charge in [-0.3, -0.25) is 9.59 Å². The highest BCUT2D eigenvalue weighted by molar-refractivity contribution is 5.91. The highest BCUT2D eigenvalue weighted by Gasteiger charge is 2.17. The van der Waals surface area contributed by atoms with E-state index in [0.29, 0.717) is 11.6 Å². The molecule has 0 aliphatic carbocycles. The summed E-state index contributed by atoms with van der Waals surface area (Å²) in [4.78, 5) is 22.9. The van der Waals surface area contributed by atoms with Crippen molar-refractivity contribution in [3.8, 4) is 0 Å². The lowest BCUT2D eigenvalue weighted by molar-refractivity contribution is -0.155. The number of nitrogens with zero attached hydrogens (tertiary/aromatic N) is 1. The van der Waals surface area contributed by atoms with E-state index in [1.165, 1.54) is 0 Å². The van der Waals surface area contributed by atoms with Crippen molar-refractivity contribution in [2.75, 3.05) is 5.32 Å². The Bertz CT molecular complexity index is 432. The molecule has 1 amide bonds. The molecule has 0 radical (unpaired) electrons. The predicted octanol–water partition coefficient (Wildman–Crippen LogP) is 2.04. The Morgan fingerprint density at radius 3 is 2.56 bits per heavy atom. The summed E-state index contributed by atoms with van der Waals surface area (Å²) in [7, 11) is 0. The molecule has 100 valence electrons. The third-order valence-electron chi connectivity index (χ3n) is 1.87. The number of hydrogen-bond acceptors (Lipinski definition) is 5. The maximum atomic E-state index is 11.5. The minimum absolute atomic E-state index is 0.0416. The maximum absolute atomic E-state index is 11.5. The molecule has 1 heterocycles. The fraction of sp³-hybridized carbons (Fsp3) is 0.583. The van der Waals surface area contributed by atoms with Crippen LogP contribution in [0.15, 0.2) is 10.6 Å². The molecule has 1 aromatic rings. The summed E-state index contributed by atoms with van der Waals surface area (Å²) in [6.45, 7) is 7.07. The number of anilines is 1. The molecule has 0 spiro atoms. The monoisotopic (exact) mass is 254 g/mol. The van der Waals surface area contributed by atoms with Crippen LogP contribution in [-0.2, 0) is 14.3 Å². The van der Waals surface area contributed by atoms with Crippen LogP contribution in [-0.4, -0.2) is 22.6 Å². The number of amides is 1. The van der Waals surface area contributed by atoms with Crippen LogP contribution in [0.4, 0.5) is 5.82 Å². The average Bonchev–Trinajstić information content (AvgIpc) is 2.58. The van der Waals surface area contributed by atoms with Crippen molar-refractivity contribution in [1.29, 1.82) is 0 Å². The normalized spacial score (nSPS) is 11.1. The largest absolute Gasteiger partial charge is 0.460 e. The molecule has 1 rings (SSSR count). The van der Waals surface area contributed by atoms with Gasteiger partial charge in [0.05, 0.1) is 6.42 Å². The van der Waals surface area contributed by atoms with Crippen molar-refractivity contribution >= 4 is 17.7 Å². The first-order chi connectivity index (χ1) is 8.26. The number of hydrogen-bond donors (Lipinski definition) is 1. The van der Waals surface area contributed by atoms with Gasteiger partial charge in [-0.05, 0) is 27.7 Å². The van der Waals surface area contributed by atoms with E-state index in [4.69, 9.17) is 9.26 Å². The zero-order chi connectivity index (χ0) is 13.8. The summed E-state index contributed by atoms with van der Waals surface area (Å²) in [6.07, 6.45) is 0.0980. The molecule has 0 saturated heterocycles. The van der Waals surface area contributed by atoms with Crippen LogP contribution in [0.25, 0.3) is 0 Å². The summed E-state index contributed by atoms with van der Waals surface area (Å²) in [5, 5.41) is 6.15. The van der Waals surface area contributed by atoms with Crippen molar-refractivity contribution in [1.82, 2.24) is 5.16 Å². The third-order valence-corrected chi connectivity index (χ3v) is 1.87. The molecule has 0 saturated carbocycles. The smallest absolute Gasteiger partial charge is 0.306 e. The number of esters is 1. The summed E-state index contributed by atoms with van der Waals surface area (Å²) < 4.78 is 9.89. The lowest BCUT2D eigenvalue weighted by Gasteiger charge is -2.19. The number of rotatable bonds is 4. The van der Waals surface area contributed by atoms with Gasteiger partial charge in [-0.1, -0.05) is 5.16 Å². The van der Waals surface area contributed by atoms with E-state index in [0.717, 1.165) is 0 Å². The van der Waals surface area contributed by atoms with Gasteiger partial charge in [0.15, 0.2) is 5.82 Å². The lowest BCUT2D eigenvalue weighted by atomic mass is 10.2. The molecular formula is C12H18N2O4. The second-order valence-corrected chi connectivity index (χ2v) is 4.96. The highest BCUT2D eigenvalue weighted by atomic mass is 16.6. The summed E-state index contributed by atoms with van der Waals surface area (Å²) in [5.41, 5.74) is -0.531. The zero-order valence-electron chi connectivity index (χ0n) is 11.1. The first-order valence-corrected chi connectivity index (χ1v) is 5.71. The lowest BCUT2D eigenvalue weighted by Crippen LogP contribution is -2.24. The molecule has 6 nitrogen and oxygen atoms in total. The van der Waals surface area contributed by atoms with E-state index >= 15 is 0 Å². The van der Waals surface area contributed by atoms with Crippen molar-refractivity contribution in [3.63, 3.8) is 0 Å². The van der Waals surface area contributed by atoms with Crippen LogP contribution < -0.4 is 5.32 Å². The van der Waals surface area contributed by atoms with Crippen LogP contribution in [0.5, 0.6) is 0 Å². The molecule has 0 aliphatic heterocycles. The second-order valence-electron chi connectivity index (χ2n) is 4.96. The molecule has 0 aliphatic rings. The van der Waals surface area contributed by atoms with E-state index in [1.807, 2.05) is 0 Å². The molecule has 0 unspecified atom stereocenters. The molecule has 1 aromatic heterocycles. The summed E-state index contributed by atoms with van der Waals surface area (Å²) >= 11 is 0. The number of nitrogens with one attached hydrogen (secondary N) is 1. The van der Waals surface area contributed by atoms with Gasteiger partial charge in [-0.25, -0.2) is 0 Å². The Labute approximate surface area is 106 Å². The van der Waals surface area contributed by atoms with Crippen molar-refractivity contribution in [2.24, 2.45) is 0 Å². The van der Waals surface area contributed by atoms with E-state index < -0.39 is 11.6 Å². The van der Waals surface area contributed by atoms with Gasteiger partial charge >= 0.3 is 5.97 Å². The minimum atomic E-state index is -0.531. The van der Waals surface area contributed by atoms with Crippen LogP contribution in [0.1, 0.15) is 39.4 Å². The number of aryl methyl sites for hydroxylation is 1. The third kappa shape index (κ3) is 5.47. The van der Waals surface area contributed by atoms with Gasteiger partial charge in [-0.2, -0.15) is 0 Å². The number of carbonyl (C=O) groups excluding carboxylic acids is 2. The minimum Gasteiger partial charge on any atom is -0.460 e. The molecule has 0 atom stereocenters. The van der Waals surface area contributed by atoms with Gasteiger partial charge in [0.1, 0.15) is 11.4 Å². The Hall–Kier alpha value is -1.85. The zero-order valence-corrected chi connectivity index (χ0v) is 11.1. The molecule has 18 heavy (non-hydrogen) atoms. The number of aromatic nitrogens is 1. The Morgan fingerprint density at radius 1 is 1.39 bits per heavy atom. The average molecular weight is 254 g/mol. The molecular weight excluding hydrogens is 236 g/mol. The van der Waals surface area contributed by atoms with Crippen LogP contribution in [0, 0.1) is 6.92 Å². The second kappa shape index (κ2) is 5.66. The van der Waals surface area contributed by atoms with E-state index in [9.17, 15) is 9.59 Å². The van der Waals surface area contributed by atoms with Gasteiger partial charge in [0.2, 0.25) is 5.91 Å². The molecule has 0 fully saturated rings. The molecule has 6 heteroatoms. The van der Waals surface area contributed by atoms with Gasteiger partial charge in [0.25, 0.3) is 0 Å². The van der Waals surface area contributed by atoms with E-state index in [-0.39, 0.29) is 18.7 Å². The predicted molar refractivity (Wildman–Crippen MR) is 64.9 cm³/mol. The quantitative estimate of drug-likeness (QED) is 0.831. The van der Waals surface area contributed by atoms with Crippen molar-refractivity contribution in [3.05, 3.63) is 11.8 Å². The number of ether oxygens (including phenoxy) is 1. The van der Waals surface area contributed by atoms with Crippen molar-refractivity contribution in [2.45, 2.75) is 46.1 Å². The first kappa shape index (κ1) is 14.2. The number of carbonyl (C=O) groups is 2. The van der Waals surface area contributed by atoms with Crippen molar-refractivity contribution < 1.29 is 18.8 Å². The highest BCUT2D eigenvalue weighted by Crippen LogP contribution is 2.10. The maximum Gasteiger partial charge on any atom is 0.306 e. The summed E-state index contributed by atoms with van der Waals surface area (Å²) in [5.74, 6) is 0.266. The van der Waals surface area contributed by atoms with Gasteiger partial charge in [-0.15, -0.1) is 0 Å². The fourth-order valence-electron chi connectivity index (χ4n) is 1.24. The van der Waals surface area contributed by atoms with E-state index in [2.05, 4.69) is 10.5 Å². The van der Waals surface area contributed by atoms with Crippen LogP contribution >= 0.6 is 0 Å². The van der Waals surface area contributed by atoms with Gasteiger partial charge in [0, 0.05) is 12.5 Å². The first-order valence-electron chi connectivity index (χ1n) is 5.71. The Morgan fingerprint density at radius 2 is 2.06 bits per heavy atom.